The van der Waals surface area contributed by atoms with Crippen molar-refractivity contribution in [1.29, 1.82) is 0 Å². The Morgan fingerprint density at radius 3 is 2.67 bits per heavy atom. The summed E-state index contributed by atoms with van der Waals surface area (Å²) in [6.07, 6.45) is 0.588. The first-order valence-electron chi connectivity index (χ1n) is 8.76. The number of nitrogens with zero attached hydrogens (tertiary/aromatic N) is 1. The van der Waals surface area contributed by atoms with E-state index < -0.39 is 0 Å². The molecule has 0 aromatic heterocycles. The largest absolute Gasteiger partial charge is 0.504 e. The number of aromatic hydroxyl groups is 2. The number of hydrogen-bond acceptors (Lipinski definition) is 6. The van der Waals surface area contributed by atoms with Crippen LogP contribution in [0.3, 0.4) is 0 Å². The van der Waals surface area contributed by atoms with Crippen molar-refractivity contribution >= 4 is 17.7 Å². The van der Waals surface area contributed by atoms with Crippen LogP contribution in [0.5, 0.6) is 23.0 Å². The highest BCUT2D eigenvalue weighted by molar-refractivity contribution is 8.00. The first kappa shape index (κ1) is 19.2. The molecule has 7 heteroatoms. The van der Waals surface area contributed by atoms with Gasteiger partial charge in [0.15, 0.2) is 23.0 Å². The topological polar surface area (TPSA) is 79.2 Å². The fraction of sp³-hybridized carbons (Fsp3) is 0.350. The molecule has 1 saturated heterocycles. The summed E-state index contributed by atoms with van der Waals surface area (Å²) in [5, 5.41) is 19.0. The van der Waals surface area contributed by atoms with Crippen molar-refractivity contribution in [3.8, 4) is 23.0 Å². The van der Waals surface area contributed by atoms with E-state index >= 15 is 0 Å². The van der Waals surface area contributed by atoms with E-state index in [1.807, 2.05) is 30.0 Å². The van der Waals surface area contributed by atoms with Crippen LogP contribution in [0, 0.1) is 0 Å². The van der Waals surface area contributed by atoms with Crippen molar-refractivity contribution in [2.45, 2.75) is 18.7 Å². The molecule has 6 nitrogen and oxygen atoms in total. The monoisotopic (exact) mass is 389 g/mol. The second-order valence-corrected chi connectivity index (χ2v) is 7.24. The Hall–Kier alpha value is -2.54. The maximum atomic E-state index is 12.4. The molecule has 2 aromatic rings. The Morgan fingerprint density at radius 1 is 1.15 bits per heavy atom. The molecule has 1 aliphatic heterocycles. The number of thioether (sulfide) groups is 1. The van der Waals surface area contributed by atoms with Crippen LogP contribution in [0.25, 0.3) is 0 Å². The maximum absolute atomic E-state index is 12.4. The number of hydrogen-bond donors (Lipinski definition) is 2. The normalized spacial score (nSPS) is 16.6. The van der Waals surface area contributed by atoms with Gasteiger partial charge in [0.1, 0.15) is 5.37 Å². The van der Waals surface area contributed by atoms with Crippen LogP contribution in [0.15, 0.2) is 36.4 Å². The van der Waals surface area contributed by atoms with E-state index in [1.165, 1.54) is 12.1 Å². The summed E-state index contributed by atoms with van der Waals surface area (Å²) in [6, 6.07) is 10.5. The van der Waals surface area contributed by atoms with E-state index in [0.29, 0.717) is 36.8 Å². The molecule has 0 aliphatic carbocycles. The van der Waals surface area contributed by atoms with Crippen molar-refractivity contribution in [2.75, 3.05) is 26.0 Å². The molecule has 0 bridgehead atoms. The fourth-order valence-corrected chi connectivity index (χ4v) is 4.27. The van der Waals surface area contributed by atoms with Crippen LogP contribution in [-0.4, -0.2) is 47.0 Å². The van der Waals surface area contributed by atoms with Crippen LogP contribution in [0.4, 0.5) is 0 Å². The number of amides is 1. The lowest BCUT2D eigenvalue weighted by atomic mass is 10.1. The Labute approximate surface area is 162 Å². The number of carbonyl (C=O) groups excluding carboxylic acids is 1. The molecule has 0 radical (unpaired) electrons. The van der Waals surface area contributed by atoms with Gasteiger partial charge < -0.3 is 24.6 Å². The summed E-state index contributed by atoms with van der Waals surface area (Å²) >= 11 is 1.58. The third-order valence-corrected chi connectivity index (χ3v) is 5.68. The van der Waals surface area contributed by atoms with Crippen LogP contribution in [-0.2, 0) is 11.2 Å². The Balaban J connectivity index is 1.77. The molecule has 0 saturated carbocycles. The van der Waals surface area contributed by atoms with Crippen LogP contribution in [0.1, 0.15) is 23.4 Å². The van der Waals surface area contributed by atoms with Gasteiger partial charge in [-0.15, -0.1) is 11.8 Å². The number of phenols is 2. The van der Waals surface area contributed by atoms with Gasteiger partial charge in [0.2, 0.25) is 5.91 Å². The molecule has 1 aliphatic rings. The minimum Gasteiger partial charge on any atom is -0.504 e. The number of rotatable bonds is 7. The standard InChI is InChI=1S/C20H23NO5S/c1-3-26-18-11-14(5-7-17(18)25-2)20-21(19(24)12-27-20)9-8-13-4-6-15(22)16(23)10-13/h4-7,10-11,20,22-23H,3,8-9,12H2,1-2H3. The van der Waals surface area contributed by atoms with E-state index in [0.717, 1.165) is 11.1 Å². The third-order valence-electron chi connectivity index (χ3n) is 4.42. The van der Waals surface area contributed by atoms with E-state index in [4.69, 9.17) is 9.47 Å². The van der Waals surface area contributed by atoms with Crippen molar-refractivity contribution in [3.05, 3.63) is 47.5 Å². The Morgan fingerprint density at radius 2 is 1.96 bits per heavy atom. The number of phenolic OH excluding ortho intramolecular Hbond substituents is 2. The van der Waals surface area contributed by atoms with Gasteiger partial charge in [-0.25, -0.2) is 0 Å². The molecular weight excluding hydrogens is 366 g/mol. The lowest BCUT2D eigenvalue weighted by Crippen LogP contribution is -2.30. The van der Waals surface area contributed by atoms with Gasteiger partial charge in [0.25, 0.3) is 0 Å². The average Bonchev–Trinajstić information content (AvgIpc) is 3.03. The van der Waals surface area contributed by atoms with Crippen LogP contribution < -0.4 is 9.47 Å². The zero-order valence-corrected chi connectivity index (χ0v) is 16.2. The summed E-state index contributed by atoms with van der Waals surface area (Å²) in [6.45, 7) is 2.97. The van der Waals surface area contributed by atoms with Crippen LogP contribution >= 0.6 is 11.8 Å². The summed E-state index contributed by atoms with van der Waals surface area (Å²) in [5.74, 6) is 1.55. The molecule has 1 unspecified atom stereocenters. The minimum absolute atomic E-state index is 0.0850. The SMILES string of the molecule is CCOc1cc(C2SCC(=O)N2CCc2ccc(O)c(O)c2)ccc1OC. The number of carbonyl (C=O) groups is 1. The Kier molecular flexibility index (Phi) is 6.01. The highest BCUT2D eigenvalue weighted by atomic mass is 32.2. The summed E-state index contributed by atoms with van der Waals surface area (Å²) in [5.41, 5.74) is 1.85. The molecule has 2 aromatic carbocycles. The van der Waals surface area contributed by atoms with E-state index in [1.54, 1.807) is 24.9 Å². The minimum atomic E-state index is -0.150. The molecular formula is C20H23NO5S. The molecule has 1 atom stereocenters. The zero-order valence-electron chi connectivity index (χ0n) is 15.3. The first-order chi connectivity index (χ1) is 13.0. The lowest BCUT2D eigenvalue weighted by molar-refractivity contribution is -0.128. The smallest absolute Gasteiger partial charge is 0.233 e. The quantitative estimate of drug-likeness (QED) is 0.707. The van der Waals surface area contributed by atoms with E-state index in [-0.39, 0.29) is 22.8 Å². The van der Waals surface area contributed by atoms with E-state index in [9.17, 15) is 15.0 Å². The Bertz CT molecular complexity index is 826. The zero-order chi connectivity index (χ0) is 19.4. The predicted molar refractivity (Wildman–Crippen MR) is 105 cm³/mol. The molecule has 1 fully saturated rings. The highest BCUT2D eigenvalue weighted by Crippen LogP contribution is 2.41. The van der Waals surface area contributed by atoms with Crippen molar-refractivity contribution < 1.29 is 24.5 Å². The van der Waals surface area contributed by atoms with Crippen molar-refractivity contribution in [3.63, 3.8) is 0 Å². The maximum Gasteiger partial charge on any atom is 0.233 e. The first-order valence-corrected chi connectivity index (χ1v) is 9.81. The third kappa shape index (κ3) is 4.24. The highest BCUT2D eigenvalue weighted by Gasteiger charge is 2.33. The molecule has 3 rings (SSSR count). The molecule has 144 valence electrons. The molecule has 27 heavy (non-hydrogen) atoms. The van der Waals surface area contributed by atoms with Gasteiger partial charge in [-0.05, 0) is 48.7 Å². The molecule has 0 spiro atoms. The second kappa shape index (κ2) is 8.43. The van der Waals surface area contributed by atoms with E-state index in [2.05, 4.69) is 0 Å². The molecule has 2 N–H and O–H groups in total. The van der Waals surface area contributed by atoms with Gasteiger partial charge in [-0.2, -0.15) is 0 Å². The summed E-state index contributed by atoms with van der Waals surface area (Å²) in [4.78, 5) is 14.2. The van der Waals surface area contributed by atoms with Gasteiger partial charge in [0.05, 0.1) is 19.5 Å². The second-order valence-electron chi connectivity index (χ2n) is 6.17. The summed E-state index contributed by atoms with van der Waals surface area (Å²) in [7, 11) is 1.60. The van der Waals surface area contributed by atoms with Gasteiger partial charge in [-0.3, -0.25) is 4.79 Å². The van der Waals surface area contributed by atoms with Gasteiger partial charge >= 0.3 is 0 Å². The lowest BCUT2D eigenvalue weighted by Gasteiger charge is -2.25. The fourth-order valence-electron chi connectivity index (χ4n) is 3.06. The van der Waals surface area contributed by atoms with Gasteiger partial charge in [-0.1, -0.05) is 12.1 Å². The molecule has 1 amide bonds. The average molecular weight is 389 g/mol. The number of methoxy groups -OCH3 is 1. The number of ether oxygens (including phenoxy) is 2. The van der Waals surface area contributed by atoms with Crippen molar-refractivity contribution in [1.82, 2.24) is 4.90 Å². The van der Waals surface area contributed by atoms with Gasteiger partial charge in [0, 0.05) is 6.54 Å². The van der Waals surface area contributed by atoms with Crippen LogP contribution in [0.2, 0.25) is 0 Å². The predicted octanol–water partition coefficient (Wildman–Crippen LogP) is 3.32. The molecule has 1 heterocycles. The van der Waals surface area contributed by atoms with Crippen molar-refractivity contribution in [2.24, 2.45) is 0 Å². The summed E-state index contributed by atoms with van der Waals surface area (Å²) < 4.78 is 11.0. The number of benzene rings is 2.